The number of carbonyl (C=O) groups excluding carboxylic acids is 1. The number of carbonyl (C=O) groups is 1. The van der Waals surface area contributed by atoms with Crippen molar-refractivity contribution in [1.29, 1.82) is 0 Å². The zero-order chi connectivity index (χ0) is 12.9. The van der Waals surface area contributed by atoms with Crippen molar-refractivity contribution < 1.29 is 9.90 Å². The molecule has 0 spiro atoms. The molecule has 3 heterocycles. The van der Waals surface area contributed by atoms with E-state index in [0.717, 1.165) is 0 Å². The Hall–Kier alpha value is -1.74. The summed E-state index contributed by atoms with van der Waals surface area (Å²) in [6.07, 6.45) is 1.25. The van der Waals surface area contributed by atoms with Gasteiger partial charge in [0.2, 0.25) is 0 Å². The number of amidine groups is 1. The van der Waals surface area contributed by atoms with E-state index < -0.39 is 5.91 Å². The van der Waals surface area contributed by atoms with E-state index in [1.807, 2.05) is 0 Å². The van der Waals surface area contributed by atoms with E-state index in [4.69, 9.17) is 11.5 Å². The first-order valence-electron chi connectivity index (χ1n) is 5.35. The number of primary amides is 1. The van der Waals surface area contributed by atoms with Crippen molar-refractivity contribution in [3.8, 4) is 0 Å². The number of rotatable bonds is 2. The number of imidazole rings is 1. The van der Waals surface area contributed by atoms with Gasteiger partial charge < -0.3 is 21.9 Å². The highest BCUT2D eigenvalue weighted by Crippen LogP contribution is 2.41. The molecule has 1 aromatic heterocycles. The van der Waals surface area contributed by atoms with Gasteiger partial charge in [-0.05, 0) is 0 Å². The summed E-state index contributed by atoms with van der Waals surface area (Å²) in [6.45, 7) is -0.0830. The molecule has 0 saturated carbocycles. The maximum Gasteiger partial charge on any atom is 0.271 e. The third-order valence-electron chi connectivity index (χ3n) is 3.04. The smallest absolute Gasteiger partial charge is 0.271 e. The van der Waals surface area contributed by atoms with E-state index in [1.54, 1.807) is 4.57 Å². The topological polar surface area (TPSA) is 132 Å². The molecule has 1 aromatic rings. The number of thioether (sulfide) groups is 1. The molecule has 0 aromatic carbocycles. The fourth-order valence-corrected chi connectivity index (χ4v) is 3.32. The first kappa shape index (κ1) is 11.4. The lowest BCUT2D eigenvalue weighted by molar-refractivity contribution is 0.0996. The van der Waals surface area contributed by atoms with E-state index in [-0.39, 0.29) is 29.8 Å². The SMILES string of the molecule is NC(=O)c1ncn2c1N[C@@H](CO)[C@@H]1SC(N)=N[C@@H]12. The molecule has 8 nitrogen and oxygen atoms in total. The molecule has 2 aliphatic rings. The highest BCUT2D eigenvalue weighted by molar-refractivity contribution is 8.14. The fraction of sp³-hybridized carbons (Fsp3) is 0.444. The third kappa shape index (κ3) is 1.47. The van der Waals surface area contributed by atoms with Crippen LogP contribution in [0.25, 0.3) is 0 Å². The lowest BCUT2D eigenvalue weighted by Gasteiger charge is -2.33. The molecule has 18 heavy (non-hydrogen) atoms. The highest BCUT2D eigenvalue weighted by Gasteiger charge is 2.42. The quantitative estimate of drug-likeness (QED) is 0.527. The van der Waals surface area contributed by atoms with Crippen LogP contribution in [0.15, 0.2) is 11.3 Å². The second kappa shape index (κ2) is 3.89. The van der Waals surface area contributed by atoms with Gasteiger partial charge in [-0.15, -0.1) is 0 Å². The maximum atomic E-state index is 11.3. The first-order chi connectivity index (χ1) is 8.61. The van der Waals surface area contributed by atoms with Crippen molar-refractivity contribution in [2.45, 2.75) is 17.5 Å². The Balaban J connectivity index is 2.08. The molecule has 0 aliphatic carbocycles. The van der Waals surface area contributed by atoms with E-state index in [0.29, 0.717) is 11.0 Å². The van der Waals surface area contributed by atoms with Crippen LogP contribution in [0.1, 0.15) is 16.7 Å². The number of nitrogens with two attached hydrogens (primary N) is 2. The van der Waals surface area contributed by atoms with Gasteiger partial charge in [0, 0.05) is 0 Å². The number of nitrogens with one attached hydrogen (secondary N) is 1. The first-order valence-corrected chi connectivity index (χ1v) is 6.23. The summed E-state index contributed by atoms with van der Waals surface area (Å²) in [5.41, 5.74) is 11.1. The van der Waals surface area contributed by atoms with Crippen molar-refractivity contribution in [3.63, 3.8) is 0 Å². The number of aliphatic hydroxyl groups excluding tert-OH is 1. The molecule has 3 rings (SSSR count). The van der Waals surface area contributed by atoms with Crippen LogP contribution in [0.2, 0.25) is 0 Å². The van der Waals surface area contributed by atoms with Gasteiger partial charge in [-0.3, -0.25) is 9.36 Å². The molecule has 2 aliphatic heterocycles. The fourth-order valence-electron chi connectivity index (χ4n) is 2.24. The number of aliphatic imine (C=N–C) groups is 1. The zero-order valence-corrected chi connectivity index (χ0v) is 10.1. The third-order valence-corrected chi connectivity index (χ3v) is 4.23. The van der Waals surface area contributed by atoms with Crippen molar-refractivity contribution in [2.75, 3.05) is 11.9 Å². The molecule has 0 unspecified atom stereocenters. The molecule has 1 amide bonds. The number of hydrogen-bond acceptors (Lipinski definition) is 7. The van der Waals surface area contributed by atoms with Crippen LogP contribution >= 0.6 is 11.8 Å². The number of anilines is 1. The van der Waals surface area contributed by atoms with Gasteiger partial charge in [0.15, 0.2) is 10.9 Å². The summed E-state index contributed by atoms with van der Waals surface area (Å²) in [4.78, 5) is 19.5. The molecule has 6 N–H and O–H groups in total. The average Bonchev–Trinajstić information content (AvgIpc) is 2.89. The summed E-state index contributed by atoms with van der Waals surface area (Å²) in [6, 6.07) is -0.243. The van der Waals surface area contributed by atoms with Gasteiger partial charge in [0.05, 0.1) is 24.2 Å². The Kier molecular flexibility index (Phi) is 2.45. The lowest BCUT2D eigenvalue weighted by atomic mass is 10.1. The Bertz CT molecular complexity index is 541. The maximum absolute atomic E-state index is 11.3. The Morgan fingerprint density at radius 2 is 2.44 bits per heavy atom. The second-order valence-corrected chi connectivity index (χ2v) is 5.31. The predicted molar refractivity (Wildman–Crippen MR) is 67.3 cm³/mol. The van der Waals surface area contributed by atoms with E-state index in [1.165, 1.54) is 18.1 Å². The number of amides is 1. The van der Waals surface area contributed by atoms with Crippen LogP contribution in [0.3, 0.4) is 0 Å². The van der Waals surface area contributed by atoms with Crippen LogP contribution in [-0.4, -0.2) is 43.6 Å². The van der Waals surface area contributed by atoms with Crippen molar-refractivity contribution in [1.82, 2.24) is 9.55 Å². The van der Waals surface area contributed by atoms with Crippen molar-refractivity contribution in [2.24, 2.45) is 16.5 Å². The number of aliphatic hydroxyl groups is 1. The largest absolute Gasteiger partial charge is 0.394 e. The zero-order valence-electron chi connectivity index (χ0n) is 9.28. The minimum absolute atomic E-state index is 0.0163. The van der Waals surface area contributed by atoms with Gasteiger partial charge in [0.1, 0.15) is 12.0 Å². The number of fused-ring (bicyclic) bond motifs is 3. The monoisotopic (exact) mass is 268 g/mol. The molecule has 0 radical (unpaired) electrons. The summed E-state index contributed by atoms with van der Waals surface area (Å²) in [7, 11) is 0. The molecule has 96 valence electrons. The number of aromatic nitrogens is 2. The molecular weight excluding hydrogens is 256 g/mol. The molecule has 0 bridgehead atoms. The standard InChI is InChI=1S/C9H12N6O2S/c10-6(17)4-7-13-3(1-16)5-8(14-9(11)18-5)15(7)2-12-4/h2-3,5,8,13,16H,1H2,(H2,10,17)(H2,11,14)/t3-,5-,8+/m0/s1. The number of nitrogens with zero attached hydrogens (tertiary/aromatic N) is 3. The summed E-state index contributed by atoms with van der Waals surface area (Å²) in [5.74, 6) is -0.129. The second-order valence-electron chi connectivity index (χ2n) is 4.11. The Morgan fingerprint density at radius 1 is 1.67 bits per heavy atom. The van der Waals surface area contributed by atoms with Crippen molar-refractivity contribution >= 4 is 28.7 Å². The van der Waals surface area contributed by atoms with Crippen LogP contribution < -0.4 is 16.8 Å². The summed E-state index contributed by atoms with van der Waals surface area (Å²) < 4.78 is 1.73. The van der Waals surface area contributed by atoms with Gasteiger partial charge >= 0.3 is 0 Å². The molecule has 0 fully saturated rings. The highest BCUT2D eigenvalue weighted by atomic mass is 32.2. The van der Waals surface area contributed by atoms with E-state index in [9.17, 15) is 9.90 Å². The van der Waals surface area contributed by atoms with Gasteiger partial charge in [-0.2, -0.15) is 0 Å². The summed E-state index contributed by atoms with van der Waals surface area (Å²) in [5, 5.41) is 12.9. The van der Waals surface area contributed by atoms with Crippen LogP contribution in [-0.2, 0) is 0 Å². The Labute approximate surface area is 106 Å². The van der Waals surface area contributed by atoms with E-state index in [2.05, 4.69) is 15.3 Å². The molecule has 9 heteroatoms. The van der Waals surface area contributed by atoms with Crippen molar-refractivity contribution in [3.05, 3.63) is 12.0 Å². The predicted octanol–water partition coefficient (Wildman–Crippen LogP) is -1.30. The minimum atomic E-state index is -0.617. The minimum Gasteiger partial charge on any atom is -0.394 e. The number of hydrogen-bond donors (Lipinski definition) is 4. The van der Waals surface area contributed by atoms with Crippen LogP contribution in [0.4, 0.5) is 5.82 Å². The molecular formula is C9H12N6O2S. The van der Waals surface area contributed by atoms with E-state index >= 15 is 0 Å². The van der Waals surface area contributed by atoms with Gasteiger partial charge in [-0.1, -0.05) is 11.8 Å². The lowest BCUT2D eigenvalue weighted by Crippen LogP contribution is -2.44. The van der Waals surface area contributed by atoms with Gasteiger partial charge in [-0.25, -0.2) is 9.98 Å². The van der Waals surface area contributed by atoms with Crippen LogP contribution in [0, 0.1) is 0 Å². The van der Waals surface area contributed by atoms with Gasteiger partial charge in [0.25, 0.3) is 5.91 Å². The summed E-state index contributed by atoms with van der Waals surface area (Å²) >= 11 is 1.40. The van der Waals surface area contributed by atoms with Crippen LogP contribution in [0.5, 0.6) is 0 Å². The molecule has 0 saturated heterocycles. The normalized spacial score (nSPS) is 29.2. The molecule has 3 atom stereocenters. The average molecular weight is 268 g/mol. The Morgan fingerprint density at radius 3 is 3.11 bits per heavy atom.